The van der Waals surface area contributed by atoms with Gasteiger partial charge in [-0.2, -0.15) is 0 Å². The van der Waals surface area contributed by atoms with E-state index in [2.05, 4.69) is 52.0 Å². The molecule has 1 heterocycles. The molecule has 0 bridgehead atoms. The Bertz CT molecular complexity index is 463. The molecule has 0 aliphatic heterocycles. The largest absolute Gasteiger partial charge is 0.349 e. The van der Waals surface area contributed by atoms with Crippen LogP contribution in [0.3, 0.4) is 0 Å². The summed E-state index contributed by atoms with van der Waals surface area (Å²) in [5.41, 5.74) is 2.49. The molecule has 0 atom stereocenters. The second kappa shape index (κ2) is 4.74. The van der Waals surface area contributed by atoms with E-state index in [1.165, 1.54) is 11.1 Å². The molecule has 2 aromatic rings. The summed E-state index contributed by atoms with van der Waals surface area (Å²) in [4.78, 5) is 0. The smallest absolute Gasteiger partial charge is 0.243 e. The molecule has 1 N–H and O–H groups in total. The Kier molecular flexibility index (Phi) is 3.14. The maximum atomic E-state index is 3.92. The molecule has 1 aromatic carbocycles. The fourth-order valence-electron chi connectivity index (χ4n) is 1.55. The molecule has 1 aromatic heterocycles. The Morgan fingerprint density at radius 1 is 1.38 bits per heavy atom. The number of aryl methyl sites for hydroxylation is 2. The van der Waals surface area contributed by atoms with Crippen molar-refractivity contribution in [3.05, 3.63) is 35.4 Å². The zero-order valence-corrected chi connectivity index (χ0v) is 9.51. The minimum absolute atomic E-state index is 0.712. The van der Waals surface area contributed by atoms with Gasteiger partial charge in [-0.15, -0.1) is 0 Å². The predicted octanol–water partition coefficient (Wildman–Crippen LogP) is 1.61. The Balaban J connectivity index is 2.02. The Morgan fingerprint density at radius 3 is 3.00 bits per heavy atom. The summed E-state index contributed by atoms with van der Waals surface area (Å²) >= 11 is 0. The highest BCUT2D eigenvalue weighted by molar-refractivity contribution is 5.28. The summed E-state index contributed by atoms with van der Waals surface area (Å²) in [7, 11) is 0. The molecule has 5 nitrogen and oxygen atoms in total. The lowest BCUT2D eigenvalue weighted by Gasteiger charge is -2.05. The SMILES string of the molecule is CCn1nnnc1NCc1cccc(C)c1. The predicted molar refractivity (Wildman–Crippen MR) is 62.0 cm³/mol. The molecule has 0 saturated heterocycles. The lowest BCUT2D eigenvalue weighted by molar-refractivity contribution is 0.629. The molecule has 16 heavy (non-hydrogen) atoms. The van der Waals surface area contributed by atoms with Gasteiger partial charge >= 0.3 is 0 Å². The van der Waals surface area contributed by atoms with E-state index in [9.17, 15) is 0 Å². The van der Waals surface area contributed by atoms with Crippen molar-refractivity contribution in [1.29, 1.82) is 0 Å². The van der Waals surface area contributed by atoms with Gasteiger partial charge in [-0.1, -0.05) is 34.9 Å². The van der Waals surface area contributed by atoms with Gasteiger partial charge in [-0.05, 0) is 29.8 Å². The molecule has 0 fully saturated rings. The van der Waals surface area contributed by atoms with E-state index in [0.29, 0.717) is 5.95 Å². The van der Waals surface area contributed by atoms with Crippen LogP contribution in [0.4, 0.5) is 5.95 Å². The van der Waals surface area contributed by atoms with Gasteiger partial charge in [-0.25, -0.2) is 4.68 Å². The van der Waals surface area contributed by atoms with E-state index in [1.54, 1.807) is 4.68 Å². The Hall–Kier alpha value is -1.91. The maximum Gasteiger partial charge on any atom is 0.243 e. The highest BCUT2D eigenvalue weighted by atomic mass is 15.6. The van der Waals surface area contributed by atoms with Crippen molar-refractivity contribution in [2.24, 2.45) is 0 Å². The molecule has 0 saturated carbocycles. The van der Waals surface area contributed by atoms with Crippen molar-refractivity contribution >= 4 is 5.95 Å². The first kappa shape index (κ1) is 10.6. The highest BCUT2D eigenvalue weighted by Gasteiger charge is 2.02. The number of benzene rings is 1. The molecule has 0 spiro atoms. The van der Waals surface area contributed by atoms with Crippen LogP contribution < -0.4 is 5.32 Å². The highest BCUT2D eigenvalue weighted by Crippen LogP contribution is 2.06. The Morgan fingerprint density at radius 2 is 2.25 bits per heavy atom. The van der Waals surface area contributed by atoms with Crippen LogP contribution in [0.15, 0.2) is 24.3 Å². The normalized spacial score (nSPS) is 10.4. The molecule has 84 valence electrons. The fourth-order valence-corrected chi connectivity index (χ4v) is 1.55. The zero-order chi connectivity index (χ0) is 11.4. The van der Waals surface area contributed by atoms with Gasteiger partial charge in [-0.3, -0.25) is 0 Å². The van der Waals surface area contributed by atoms with Gasteiger partial charge in [0.25, 0.3) is 0 Å². The first-order chi connectivity index (χ1) is 7.79. The minimum Gasteiger partial charge on any atom is -0.349 e. The first-order valence-electron chi connectivity index (χ1n) is 5.35. The number of aromatic nitrogens is 4. The monoisotopic (exact) mass is 217 g/mol. The summed E-state index contributed by atoms with van der Waals surface area (Å²) < 4.78 is 1.73. The average Bonchev–Trinajstić information content (AvgIpc) is 2.74. The third-order valence-corrected chi connectivity index (χ3v) is 2.36. The number of rotatable bonds is 4. The lowest BCUT2D eigenvalue weighted by Crippen LogP contribution is -2.07. The van der Waals surface area contributed by atoms with Crippen LogP contribution >= 0.6 is 0 Å². The van der Waals surface area contributed by atoms with Crippen LogP contribution in [0.2, 0.25) is 0 Å². The van der Waals surface area contributed by atoms with E-state index >= 15 is 0 Å². The molecule has 0 aliphatic rings. The van der Waals surface area contributed by atoms with E-state index in [4.69, 9.17) is 0 Å². The van der Waals surface area contributed by atoms with Crippen LogP contribution in [-0.4, -0.2) is 20.2 Å². The van der Waals surface area contributed by atoms with Crippen LogP contribution in [0, 0.1) is 6.92 Å². The fraction of sp³-hybridized carbons (Fsp3) is 0.364. The second-order valence-electron chi connectivity index (χ2n) is 3.66. The number of tetrazole rings is 1. The molecular weight excluding hydrogens is 202 g/mol. The zero-order valence-electron chi connectivity index (χ0n) is 9.51. The summed E-state index contributed by atoms with van der Waals surface area (Å²) in [5, 5.41) is 14.6. The van der Waals surface area contributed by atoms with Gasteiger partial charge in [0.2, 0.25) is 5.95 Å². The van der Waals surface area contributed by atoms with Crippen molar-refractivity contribution in [3.63, 3.8) is 0 Å². The van der Waals surface area contributed by atoms with E-state index < -0.39 is 0 Å². The second-order valence-corrected chi connectivity index (χ2v) is 3.66. The molecule has 0 amide bonds. The maximum absolute atomic E-state index is 3.92. The summed E-state index contributed by atoms with van der Waals surface area (Å²) in [5.74, 6) is 0.712. The van der Waals surface area contributed by atoms with Crippen molar-refractivity contribution in [1.82, 2.24) is 20.2 Å². The third kappa shape index (κ3) is 2.36. The number of nitrogens with zero attached hydrogens (tertiary/aromatic N) is 4. The van der Waals surface area contributed by atoms with E-state index in [-0.39, 0.29) is 0 Å². The average molecular weight is 217 g/mol. The van der Waals surface area contributed by atoms with E-state index in [1.807, 2.05) is 6.92 Å². The van der Waals surface area contributed by atoms with Gasteiger partial charge in [0.1, 0.15) is 0 Å². The van der Waals surface area contributed by atoms with Crippen molar-refractivity contribution in [2.45, 2.75) is 26.9 Å². The van der Waals surface area contributed by atoms with Gasteiger partial charge in [0, 0.05) is 13.1 Å². The topological polar surface area (TPSA) is 55.6 Å². The first-order valence-corrected chi connectivity index (χ1v) is 5.35. The minimum atomic E-state index is 0.712. The van der Waals surface area contributed by atoms with Crippen LogP contribution in [0.5, 0.6) is 0 Å². The lowest BCUT2D eigenvalue weighted by atomic mass is 10.1. The van der Waals surface area contributed by atoms with Gasteiger partial charge in [0.15, 0.2) is 0 Å². The molecule has 0 unspecified atom stereocenters. The molecule has 0 aliphatic carbocycles. The number of hydrogen-bond acceptors (Lipinski definition) is 4. The van der Waals surface area contributed by atoms with E-state index in [0.717, 1.165) is 13.1 Å². The molecule has 0 radical (unpaired) electrons. The number of nitrogens with one attached hydrogen (secondary N) is 1. The standard InChI is InChI=1S/C11H15N5/c1-3-16-11(13-14-15-16)12-8-10-6-4-5-9(2)7-10/h4-7H,3,8H2,1-2H3,(H,12,13,15). The Labute approximate surface area is 94.5 Å². The molecule has 5 heteroatoms. The van der Waals surface area contributed by atoms with Crippen molar-refractivity contribution in [2.75, 3.05) is 5.32 Å². The quantitative estimate of drug-likeness (QED) is 0.845. The van der Waals surface area contributed by atoms with Crippen LogP contribution in [0.1, 0.15) is 18.1 Å². The van der Waals surface area contributed by atoms with Gasteiger partial charge in [0.05, 0.1) is 0 Å². The summed E-state index contributed by atoms with van der Waals surface area (Å²) in [6, 6.07) is 8.36. The number of hydrogen-bond donors (Lipinski definition) is 1. The third-order valence-electron chi connectivity index (χ3n) is 2.36. The van der Waals surface area contributed by atoms with Crippen molar-refractivity contribution < 1.29 is 0 Å². The summed E-state index contributed by atoms with van der Waals surface area (Å²) in [6.45, 7) is 5.60. The summed E-state index contributed by atoms with van der Waals surface area (Å²) in [6.07, 6.45) is 0. The van der Waals surface area contributed by atoms with Crippen LogP contribution in [-0.2, 0) is 13.1 Å². The van der Waals surface area contributed by atoms with Gasteiger partial charge < -0.3 is 5.32 Å². The van der Waals surface area contributed by atoms with Crippen LogP contribution in [0.25, 0.3) is 0 Å². The molecule has 2 rings (SSSR count). The van der Waals surface area contributed by atoms with Crippen molar-refractivity contribution in [3.8, 4) is 0 Å². The molecular formula is C11H15N5. The number of anilines is 1.